The van der Waals surface area contributed by atoms with Crippen molar-refractivity contribution in [1.82, 2.24) is 15.0 Å². The number of nitrogens with one attached hydrogen (secondary N) is 1. The summed E-state index contributed by atoms with van der Waals surface area (Å²) in [5.74, 6) is -2.40. The molecular formula is C12H7ClF4N4O2. The van der Waals surface area contributed by atoms with E-state index in [-0.39, 0.29) is 16.7 Å². The molecule has 0 aliphatic heterocycles. The van der Waals surface area contributed by atoms with Gasteiger partial charge in [-0.1, -0.05) is 0 Å². The van der Waals surface area contributed by atoms with Crippen LogP contribution < -0.4 is 10.1 Å². The van der Waals surface area contributed by atoms with Gasteiger partial charge in [0, 0.05) is 12.3 Å². The standard InChI is InChI=1S/C12H7ClF4N4O2/c13-11-18-2-1-6(21-11)10(22)20-7-4-19-9(14)3-8(7)23-5-12(15,16)17/h1-4H,5H2,(H,20,22). The Balaban J connectivity index is 2.20. The molecule has 2 aromatic rings. The summed E-state index contributed by atoms with van der Waals surface area (Å²) in [5, 5.41) is 2.02. The van der Waals surface area contributed by atoms with Gasteiger partial charge in [-0.05, 0) is 17.7 Å². The van der Waals surface area contributed by atoms with E-state index in [1.165, 1.54) is 12.3 Å². The minimum atomic E-state index is -4.62. The lowest BCUT2D eigenvalue weighted by molar-refractivity contribution is -0.153. The van der Waals surface area contributed by atoms with Gasteiger partial charge in [0.05, 0.1) is 6.20 Å². The molecule has 0 unspecified atom stereocenters. The minimum Gasteiger partial charge on any atom is -0.482 e. The van der Waals surface area contributed by atoms with E-state index < -0.39 is 30.4 Å². The van der Waals surface area contributed by atoms with Gasteiger partial charge in [0.15, 0.2) is 6.61 Å². The normalized spacial score (nSPS) is 11.2. The highest BCUT2D eigenvalue weighted by molar-refractivity contribution is 6.28. The third-order valence-electron chi connectivity index (χ3n) is 2.33. The van der Waals surface area contributed by atoms with E-state index in [1.807, 2.05) is 0 Å². The number of nitrogens with zero attached hydrogens (tertiary/aromatic N) is 3. The van der Waals surface area contributed by atoms with Crippen molar-refractivity contribution in [2.75, 3.05) is 11.9 Å². The van der Waals surface area contributed by atoms with Crippen molar-refractivity contribution < 1.29 is 27.1 Å². The lowest BCUT2D eigenvalue weighted by atomic mass is 10.3. The highest BCUT2D eigenvalue weighted by Crippen LogP contribution is 2.26. The fraction of sp³-hybridized carbons (Fsp3) is 0.167. The van der Waals surface area contributed by atoms with Gasteiger partial charge >= 0.3 is 6.18 Å². The summed E-state index contributed by atoms with van der Waals surface area (Å²) in [6, 6.07) is 1.85. The summed E-state index contributed by atoms with van der Waals surface area (Å²) in [6.07, 6.45) is -2.59. The van der Waals surface area contributed by atoms with Gasteiger partial charge in [-0.2, -0.15) is 17.6 Å². The molecule has 6 nitrogen and oxygen atoms in total. The molecule has 1 amide bonds. The van der Waals surface area contributed by atoms with E-state index in [4.69, 9.17) is 11.6 Å². The minimum absolute atomic E-state index is 0.143. The summed E-state index contributed by atoms with van der Waals surface area (Å²) in [4.78, 5) is 22.4. The molecule has 0 spiro atoms. The molecule has 0 bridgehead atoms. The molecular weight excluding hydrogens is 344 g/mol. The van der Waals surface area contributed by atoms with Gasteiger partial charge in [0.2, 0.25) is 11.2 Å². The zero-order valence-electron chi connectivity index (χ0n) is 11.1. The number of aromatic nitrogens is 3. The lowest BCUT2D eigenvalue weighted by Crippen LogP contribution is -2.21. The maximum atomic E-state index is 13.1. The van der Waals surface area contributed by atoms with Crippen LogP contribution in [0, 0.1) is 5.95 Å². The zero-order chi connectivity index (χ0) is 17.0. The van der Waals surface area contributed by atoms with Gasteiger partial charge < -0.3 is 10.1 Å². The van der Waals surface area contributed by atoms with E-state index in [9.17, 15) is 22.4 Å². The number of hydrogen-bond acceptors (Lipinski definition) is 5. The average Bonchev–Trinajstić information content (AvgIpc) is 2.46. The first kappa shape index (κ1) is 16.9. The van der Waals surface area contributed by atoms with Crippen molar-refractivity contribution in [3.05, 3.63) is 41.5 Å². The predicted octanol–water partition coefficient (Wildman–Crippen LogP) is 2.86. The Morgan fingerprint density at radius 3 is 2.74 bits per heavy atom. The first-order chi connectivity index (χ1) is 10.7. The first-order valence-corrected chi connectivity index (χ1v) is 6.27. The van der Waals surface area contributed by atoms with Crippen molar-refractivity contribution in [2.24, 2.45) is 0 Å². The number of anilines is 1. The molecule has 23 heavy (non-hydrogen) atoms. The van der Waals surface area contributed by atoms with E-state index in [2.05, 4.69) is 25.0 Å². The number of amides is 1. The van der Waals surface area contributed by atoms with Crippen LogP contribution in [0.1, 0.15) is 10.5 Å². The highest BCUT2D eigenvalue weighted by Gasteiger charge is 2.29. The molecule has 2 heterocycles. The molecule has 0 saturated heterocycles. The van der Waals surface area contributed by atoms with E-state index in [1.54, 1.807) is 0 Å². The number of carbonyl (C=O) groups is 1. The van der Waals surface area contributed by atoms with Crippen molar-refractivity contribution >= 4 is 23.2 Å². The molecule has 1 N–H and O–H groups in total. The number of pyridine rings is 1. The molecule has 0 fully saturated rings. The molecule has 0 aromatic carbocycles. The molecule has 0 atom stereocenters. The molecule has 2 aromatic heterocycles. The number of ether oxygens (including phenoxy) is 1. The maximum absolute atomic E-state index is 13.1. The Morgan fingerprint density at radius 1 is 1.35 bits per heavy atom. The zero-order valence-corrected chi connectivity index (χ0v) is 11.8. The Morgan fingerprint density at radius 2 is 2.09 bits per heavy atom. The summed E-state index contributed by atoms with van der Waals surface area (Å²) < 4.78 is 54.1. The molecule has 122 valence electrons. The van der Waals surface area contributed by atoms with E-state index in [0.29, 0.717) is 6.07 Å². The van der Waals surface area contributed by atoms with Crippen molar-refractivity contribution in [1.29, 1.82) is 0 Å². The quantitative estimate of drug-likeness (QED) is 0.521. The first-order valence-electron chi connectivity index (χ1n) is 5.89. The Labute approximate surface area is 131 Å². The van der Waals surface area contributed by atoms with Crippen LogP contribution in [0.25, 0.3) is 0 Å². The third-order valence-corrected chi connectivity index (χ3v) is 2.51. The van der Waals surface area contributed by atoms with Crippen molar-refractivity contribution in [2.45, 2.75) is 6.18 Å². The molecule has 0 radical (unpaired) electrons. The average molecular weight is 351 g/mol. The molecule has 2 rings (SSSR count). The highest BCUT2D eigenvalue weighted by atomic mass is 35.5. The van der Waals surface area contributed by atoms with Crippen LogP contribution in [0.5, 0.6) is 5.75 Å². The Bertz CT molecular complexity index is 726. The van der Waals surface area contributed by atoms with Crippen LogP contribution in [-0.2, 0) is 0 Å². The lowest BCUT2D eigenvalue weighted by Gasteiger charge is -2.13. The SMILES string of the molecule is O=C(Nc1cnc(F)cc1OCC(F)(F)F)c1ccnc(Cl)n1. The third kappa shape index (κ3) is 5.02. The summed E-state index contributed by atoms with van der Waals surface area (Å²) in [7, 11) is 0. The topological polar surface area (TPSA) is 77.0 Å². The van der Waals surface area contributed by atoms with Crippen molar-refractivity contribution in [3.63, 3.8) is 0 Å². The number of rotatable bonds is 4. The van der Waals surface area contributed by atoms with Gasteiger partial charge in [-0.25, -0.2) is 15.0 Å². The van der Waals surface area contributed by atoms with Gasteiger partial charge in [-0.3, -0.25) is 4.79 Å². The van der Waals surface area contributed by atoms with Crippen LogP contribution in [0.4, 0.5) is 23.2 Å². The number of alkyl halides is 3. The van der Waals surface area contributed by atoms with Crippen LogP contribution in [0.3, 0.4) is 0 Å². The molecule has 0 aliphatic carbocycles. The summed E-state index contributed by atoms with van der Waals surface area (Å²) >= 11 is 5.53. The fourth-order valence-electron chi connectivity index (χ4n) is 1.43. The van der Waals surface area contributed by atoms with Gasteiger partial charge in [0.1, 0.15) is 17.1 Å². The predicted molar refractivity (Wildman–Crippen MR) is 70.7 cm³/mol. The number of halogens is 5. The Hall–Kier alpha value is -2.49. The molecule has 11 heteroatoms. The second kappa shape index (κ2) is 6.73. The second-order valence-electron chi connectivity index (χ2n) is 4.07. The second-order valence-corrected chi connectivity index (χ2v) is 4.41. The van der Waals surface area contributed by atoms with Crippen LogP contribution in [0.15, 0.2) is 24.5 Å². The number of hydrogen-bond donors (Lipinski definition) is 1. The van der Waals surface area contributed by atoms with E-state index >= 15 is 0 Å². The fourth-order valence-corrected chi connectivity index (χ4v) is 1.58. The summed E-state index contributed by atoms with van der Waals surface area (Å²) in [6.45, 7) is -1.65. The van der Waals surface area contributed by atoms with Gasteiger partial charge in [0.25, 0.3) is 5.91 Å². The smallest absolute Gasteiger partial charge is 0.422 e. The van der Waals surface area contributed by atoms with Crippen molar-refractivity contribution in [3.8, 4) is 5.75 Å². The van der Waals surface area contributed by atoms with Crippen LogP contribution in [-0.4, -0.2) is 33.6 Å². The monoisotopic (exact) mass is 350 g/mol. The molecule has 0 aliphatic rings. The number of carbonyl (C=O) groups excluding carboxylic acids is 1. The molecule has 0 saturated carbocycles. The summed E-state index contributed by atoms with van der Waals surface area (Å²) in [5.41, 5.74) is -0.397. The van der Waals surface area contributed by atoms with Crippen LogP contribution >= 0.6 is 11.6 Å². The van der Waals surface area contributed by atoms with E-state index in [0.717, 1.165) is 6.20 Å². The maximum Gasteiger partial charge on any atom is 0.422 e. The van der Waals surface area contributed by atoms with Gasteiger partial charge in [-0.15, -0.1) is 0 Å². The Kier molecular flexibility index (Phi) is 4.94. The largest absolute Gasteiger partial charge is 0.482 e. The van der Waals surface area contributed by atoms with Crippen LogP contribution in [0.2, 0.25) is 5.28 Å².